The Kier molecular flexibility index (Phi) is 6.43. The van der Waals surface area contributed by atoms with E-state index in [-0.39, 0.29) is 23.9 Å². The molecule has 1 saturated carbocycles. The number of pyridine rings is 1. The molecule has 1 amide bonds. The van der Waals surface area contributed by atoms with Crippen LogP contribution in [-0.4, -0.2) is 50.9 Å². The number of piperidine rings is 1. The van der Waals surface area contributed by atoms with Crippen LogP contribution in [0.25, 0.3) is 0 Å². The average Bonchev–Trinajstić information content (AvgIpc) is 3.23. The highest BCUT2D eigenvalue weighted by atomic mass is 16.2. The molecule has 32 heavy (non-hydrogen) atoms. The van der Waals surface area contributed by atoms with Gasteiger partial charge in [-0.05, 0) is 75.3 Å². The van der Waals surface area contributed by atoms with E-state index in [9.17, 15) is 4.79 Å². The number of amides is 1. The summed E-state index contributed by atoms with van der Waals surface area (Å²) in [6.07, 6.45) is 10.5. The van der Waals surface area contributed by atoms with E-state index in [2.05, 4.69) is 48.2 Å². The van der Waals surface area contributed by atoms with Gasteiger partial charge in [0.05, 0.1) is 12.6 Å². The molecule has 0 aromatic carbocycles. The zero-order chi connectivity index (χ0) is 21.9. The third-order valence-corrected chi connectivity index (χ3v) is 7.24. The summed E-state index contributed by atoms with van der Waals surface area (Å²) in [5.74, 6) is 1.56. The van der Waals surface area contributed by atoms with Crippen molar-refractivity contribution in [2.75, 3.05) is 13.1 Å². The smallest absolute Gasteiger partial charge is 0.223 e. The van der Waals surface area contributed by atoms with Crippen molar-refractivity contribution in [2.24, 2.45) is 11.8 Å². The molecular formula is C24H33N7O. The van der Waals surface area contributed by atoms with Gasteiger partial charge in [0.2, 0.25) is 5.91 Å². The van der Waals surface area contributed by atoms with Crippen molar-refractivity contribution in [3.8, 4) is 0 Å². The Bertz CT molecular complexity index is 924. The number of carbonyl (C=O) groups is 1. The van der Waals surface area contributed by atoms with Crippen LogP contribution in [-0.2, 0) is 11.3 Å². The lowest BCUT2D eigenvalue weighted by atomic mass is 9.74. The van der Waals surface area contributed by atoms with Crippen molar-refractivity contribution in [3.63, 3.8) is 0 Å². The van der Waals surface area contributed by atoms with Crippen LogP contribution in [0.4, 0.5) is 0 Å². The van der Waals surface area contributed by atoms with Gasteiger partial charge in [0, 0.05) is 48.8 Å². The van der Waals surface area contributed by atoms with Gasteiger partial charge in [0.25, 0.3) is 0 Å². The highest BCUT2D eigenvalue weighted by Crippen LogP contribution is 2.40. The minimum atomic E-state index is 0.0798. The standard InChI is InChI=1S/C24H33N7O/c1-16-12-17(7-10-25-16)23-20-13-18(5-6-21(20)29-30-23)24(32)28-19-4-2-11-31(14-19)15-22-26-8-3-9-27-22/h3,7-10,12,18-21,23,29-30H,2,4-6,11,13-15H2,1H3,(H,28,32). The van der Waals surface area contributed by atoms with Crippen LogP contribution in [0.1, 0.15) is 55.2 Å². The molecule has 3 aliphatic rings. The van der Waals surface area contributed by atoms with Gasteiger partial charge in [-0.15, -0.1) is 0 Å². The topological polar surface area (TPSA) is 95.1 Å². The lowest BCUT2D eigenvalue weighted by molar-refractivity contribution is -0.127. The van der Waals surface area contributed by atoms with Crippen LogP contribution in [0.15, 0.2) is 36.8 Å². The van der Waals surface area contributed by atoms with Crippen LogP contribution in [0.3, 0.4) is 0 Å². The predicted octanol–water partition coefficient (Wildman–Crippen LogP) is 1.89. The van der Waals surface area contributed by atoms with Gasteiger partial charge in [0.1, 0.15) is 5.82 Å². The normalized spacial score (nSPS) is 30.6. The highest BCUT2D eigenvalue weighted by molar-refractivity contribution is 5.79. The number of hydrazine groups is 1. The fraction of sp³-hybridized carbons (Fsp3) is 0.583. The van der Waals surface area contributed by atoms with E-state index < -0.39 is 0 Å². The van der Waals surface area contributed by atoms with E-state index in [1.807, 2.05) is 19.2 Å². The number of carbonyl (C=O) groups excluding carboxylic acids is 1. The molecule has 2 aliphatic heterocycles. The molecule has 170 valence electrons. The van der Waals surface area contributed by atoms with Crippen LogP contribution in [0, 0.1) is 18.8 Å². The van der Waals surface area contributed by atoms with E-state index in [4.69, 9.17) is 0 Å². The Morgan fingerprint density at radius 1 is 1.16 bits per heavy atom. The summed E-state index contributed by atoms with van der Waals surface area (Å²) in [7, 11) is 0. The molecule has 5 atom stereocenters. The number of fused-ring (bicyclic) bond motifs is 1. The number of hydrogen-bond donors (Lipinski definition) is 3. The third-order valence-electron chi connectivity index (χ3n) is 7.24. The summed E-state index contributed by atoms with van der Waals surface area (Å²) >= 11 is 0. The Labute approximate surface area is 189 Å². The van der Waals surface area contributed by atoms with Crippen LogP contribution >= 0.6 is 0 Å². The molecule has 2 aromatic rings. The van der Waals surface area contributed by atoms with Crippen molar-refractivity contribution >= 4 is 5.91 Å². The van der Waals surface area contributed by atoms with Crippen molar-refractivity contribution in [1.29, 1.82) is 0 Å². The molecule has 1 aliphatic carbocycles. The van der Waals surface area contributed by atoms with Crippen LogP contribution < -0.4 is 16.2 Å². The first kappa shape index (κ1) is 21.4. The van der Waals surface area contributed by atoms with Crippen molar-refractivity contribution < 1.29 is 4.79 Å². The Morgan fingerprint density at radius 3 is 2.88 bits per heavy atom. The van der Waals surface area contributed by atoms with Gasteiger partial charge in [-0.1, -0.05) is 0 Å². The lowest BCUT2D eigenvalue weighted by Crippen LogP contribution is -2.50. The van der Waals surface area contributed by atoms with Gasteiger partial charge in [0.15, 0.2) is 0 Å². The molecule has 2 aromatic heterocycles. The number of nitrogens with one attached hydrogen (secondary N) is 3. The summed E-state index contributed by atoms with van der Waals surface area (Å²) in [4.78, 5) is 28.6. The zero-order valence-corrected chi connectivity index (χ0v) is 18.7. The molecule has 0 radical (unpaired) electrons. The quantitative estimate of drug-likeness (QED) is 0.660. The monoisotopic (exact) mass is 435 g/mol. The first-order chi connectivity index (χ1) is 15.7. The Hall–Kier alpha value is -2.42. The second kappa shape index (κ2) is 9.60. The molecule has 2 saturated heterocycles. The largest absolute Gasteiger partial charge is 0.352 e. The molecule has 3 N–H and O–H groups in total. The van der Waals surface area contributed by atoms with E-state index in [1.54, 1.807) is 12.4 Å². The molecule has 8 nitrogen and oxygen atoms in total. The van der Waals surface area contributed by atoms with Crippen molar-refractivity contribution in [3.05, 3.63) is 53.9 Å². The zero-order valence-electron chi connectivity index (χ0n) is 18.7. The van der Waals surface area contributed by atoms with Gasteiger partial charge >= 0.3 is 0 Å². The van der Waals surface area contributed by atoms with E-state index in [0.717, 1.165) is 63.3 Å². The molecule has 0 spiro atoms. The fourth-order valence-electron chi connectivity index (χ4n) is 5.63. The van der Waals surface area contributed by atoms with Crippen molar-refractivity contribution in [1.82, 2.24) is 36.0 Å². The number of aryl methyl sites for hydroxylation is 1. The molecule has 0 bridgehead atoms. The van der Waals surface area contributed by atoms with Crippen LogP contribution in [0.5, 0.6) is 0 Å². The van der Waals surface area contributed by atoms with E-state index in [1.165, 1.54) is 5.56 Å². The van der Waals surface area contributed by atoms with Gasteiger partial charge < -0.3 is 5.32 Å². The second-order valence-corrected chi connectivity index (χ2v) is 9.53. The van der Waals surface area contributed by atoms with Crippen molar-refractivity contribution in [2.45, 2.75) is 63.7 Å². The summed E-state index contributed by atoms with van der Waals surface area (Å²) < 4.78 is 0. The van der Waals surface area contributed by atoms with Gasteiger partial charge in [-0.25, -0.2) is 15.4 Å². The summed E-state index contributed by atoms with van der Waals surface area (Å²) in [6.45, 7) is 4.66. The minimum absolute atomic E-state index is 0.0798. The first-order valence-corrected chi connectivity index (χ1v) is 11.9. The molecule has 8 heteroatoms. The number of hydrogen-bond acceptors (Lipinski definition) is 7. The molecule has 4 heterocycles. The summed E-state index contributed by atoms with van der Waals surface area (Å²) in [5, 5.41) is 3.38. The molecule has 3 fully saturated rings. The molecular weight excluding hydrogens is 402 g/mol. The molecule has 5 rings (SSSR count). The van der Waals surface area contributed by atoms with Gasteiger partial charge in [-0.3, -0.25) is 20.1 Å². The Balaban J connectivity index is 1.18. The lowest BCUT2D eigenvalue weighted by Gasteiger charge is -2.36. The number of aromatic nitrogens is 3. The SMILES string of the molecule is Cc1cc(C2NNC3CCC(C(=O)NC4CCCN(Cc5ncccn5)C4)CC32)ccn1. The molecule has 5 unspecified atom stereocenters. The maximum absolute atomic E-state index is 13.2. The number of nitrogens with zero attached hydrogens (tertiary/aromatic N) is 4. The average molecular weight is 436 g/mol. The van der Waals surface area contributed by atoms with Gasteiger partial charge in [-0.2, -0.15) is 0 Å². The summed E-state index contributed by atoms with van der Waals surface area (Å²) in [5.41, 5.74) is 9.24. The third kappa shape index (κ3) is 4.82. The van der Waals surface area contributed by atoms with E-state index in [0.29, 0.717) is 12.0 Å². The first-order valence-electron chi connectivity index (χ1n) is 11.9. The maximum atomic E-state index is 13.2. The minimum Gasteiger partial charge on any atom is -0.352 e. The highest BCUT2D eigenvalue weighted by Gasteiger charge is 2.43. The fourth-order valence-corrected chi connectivity index (χ4v) is 5.63. The number of rotatable bonds is 5. The van der Waals surface area contributed by atoms with Crippen LogP contribution in [0.2, 0.25) is 0 Å². The Morgan fingerprint density at radius 2 is 2.03 bits per heavy atom. The number of likely N-dealkylation sites (tertiary alicyclic amines) is 1. The second-order valence-electron chi connectivity index (χ2n) is 9.53. The maximum Gasteiger partial charge on any atom is 0.223 e. The predicted molar refractivity (Wildman–Crippen MR) is 121 cm³/mol. The van der Waals surface area contributed by atoms with E-state index >= 15 is 0 Å². The summed E-state index contributed by atoms with van der Waals surface area (Å²) in [6, 6.07) is 6.94.